The van der Waals surface area contributed by atoms with Crippen LogP contribution in [-0.2, 0) is 16.7 Å². The molecule has 0 aliphatic heterocycles. The summed E-state index contributed by atoms with van der Waals surface area (Å²) in [6, 6.07) is 0. The molecule has 0 atom stereocenters. The van der Waals surface area contributed by atoms with Gasteiger partial charge in [0.05, 0.1) is 5.75 Å². The van der Waals surface area contributed by atoms with Gasteiger partial charge in [0.1, 0.15) is 0 Å². The third-order valence-corrected chi connectivity index (χ3v) is 3.64. The summed E-state index contributed by atoms with van der Waals surface area (Å²) in [5, 5.41) is 1.85. The minimum absolute atomic E-state index is 0. The quantitative estimate of drug-likeness (QED) is 0.506. The van der Waals surface area contributed by atoms with E-state index in [2.05, 4.69) is 0 Å². The van der Waals surface area contributed by atoms with Crippen LogP contribution in [0.2, 0.25) is 0 Å². The molecule has 1 rings (SSSR count). The zero-order valence-corrected chi connectivity index (χ0v) is 9.38. The van der Waals surface area contributed by atoms with Crippen LogP contribution in [0.5, 0.6) is 0 Å². The Morgan fingerprint density at radius 3 is 2.57 bits per heavy atom. The Kier molecular flexibility index (Phi) is 6.83. The molecular weight excluding hydrogens is 269 g/mol. The summed E-state index contributed by atoms with van der Waals surface area (Å²) in [4.78, 5) is 0. The molecule has 76 valence electrons. The van der Waals surface area contributed by atoms with E-state index in [0.29, 0.717) is 3.95 Å². The Balaban J connectivity index is 0.00000169. The van der Waals surface area contributed by atoms with Crippen molar-refractivity contribution < 1.29 is 13.0 Å². The van der Waals surface area contributed by atoms with Crippen molar-refractivity contribution in [3.8, 4) is 0 Å². The molecule has 0 spiro atoms. The molecule has 0 fully saturated rings. The van der Waals surface area contributed by atoms with Gasteiger partial charge < -0.3 is 4.57 Å². The zero-order valence-electron chi connectivity index (χ0n) is 6.93. The molecule has 0 saturated heterocycles. The predicted octanol–water partition coefficient (Wildman–Crippen LogP) is 0.827. The summed E-state index contributed by atoms with van der Waals surface area (Å²) in [5.74, 6) is -0.293. The number of aryl methyl sites for hydroxylation is 1. The minimum atomic E-state index is -3.90. The van der Waals surface area contributed by atoms with Gasteiger partial charge in [-0.15, -0.1) is 11.3 Å². The van der Waals surface area contributed by atoms with Crippen molar-refractivity contribution in [2.75, 3.05) is 5.75 Å². The molecule has 0 aromatic carbocycles. The van der Waals surface area contributed by atoms with Gasteiger partial charge in [0.15, 0.2) is 3.95 Å². The fourth-order valence-corrected chi connectivity index (χ4v) is 2.44. The fourth-order valence-electron chi connectivity index (χ4n) is 0.881. The molecule has 8 heteroatoms. The van der Waals surface area contributed by atoms with E-state index in [1.807, 2.05) is 12.3 Å². The number of hydrogen-bond donors (Lipinski definition) is 1. The van der Waals surface area contributed by atoms with Gasteiger partial charge >= 0.3 is 51.4 Å². The molecule has 1 heterocycles. The van der Waals surface area contributed by atoms with Gasteiger partial charge in [-0.05, 0) is 19.1 Å². The molecule has 1 N–H and O–H groups in total. The Morgan fingerprint density at radius 2 is 2.21 bits per heavy atom. The summed E-state index contributed by atoms with van der Waals surface area (Å²) in [6.07, 6.45) is 0. The summed E-state index contributed by atoms with van der Waals surface area (Å²) in [6.45, 7) is 2.06. The molecule has 14 heavy (non-hydrogen) atoms. The van der Waals surface area contributed by atoms with Gasteiger partial charge in [-0.2, -0.15) is 8.42 Å². The van der Waals surface area contributed by atoms with Crippen molar-refractivity contribution in [3.05, 3.63) is 15.0 Å². The average Bonchev–Trinajstić information content (AvgIpc) is 2.27. The van der Waals surface area contributed by atoms with Crippen LogP contribution < -0.4 is 0 Å². The van der Waals surface area contributed by atoms with E-state index in [-0.39, 0.29) is 63.7 Å². The van der Waals surface area contributed by atoms with Crippen LogP contribution in [-0.4, -0.2) is 74.7 Å². The van der Waals surface area contributed by atoms with Gasteiger partial charge in [-0.25, -0.2) is 0 Å². The summed E-state index contributed by atoms with van der Waals surface area (Å²) in [7, 11) is -3.90. The molecule has 1 aromatic rings. The number of thiazole rings is 1. The van der Waals surface area contributed by atoms with Gasteiger partial charge in [-0.1, -0.05) is 0 Å². The summed E-state index contributed by atoms with van der Waals surface area (Å²) in [5.41, 5.74) is 0.915. The molecule has 0 radical (unpaired) electrons. The van der Waals surface area contributed by atoms with E-state index >= 15 is 0 Å². The molecule has 0 amide bonds. The Morgan fingerprint density at radius 1 is 1.64 bits per heavy atom. The topological polar surface area (TPSA) is 59.3 Å². The summed E-state index contributed by atoms with van der Waals surface area (Å²) < 4.78 is 31.8. The van der Waals surface area contributed by atoms with E-state index in [0.717, 1.165) is 5.69 Å². The van der Waals surface area contributed by atoms with Crippen LogP contribution in [0, 0.1) is 10.9 Å². The normalized spacial score (nSPS) is 11.0. The zero-order chi connectivity index (χ0) is 10.1. The van der Waals surface area contributed by atoms with Crippen LogP contribution in [0.25, 0.3) is 0 Å². The molecule has 0 unspecified atom stereocenters. The van der Waals surface area contributed by atoms with Crippen LogP contribution in [0.15, 0.2) is 5.38 Å². The van der Waals surface area contributed by atoms with E-state index in [9.17, 15) is 8.42 Å². The van der Waals surface area contributed by atoms with Crippen molar-refractivity contribution >= 4 is 85.1 Å². The van der Waals surface area contributed by atoms with Gasteiger partial charge in [0.2, 0.25) is 0 Å². The van der Waals surface area contributed by atoms with E-state index in [1.54, 1.807) is 4.57 Å². The molecule has 0 bridgehead atoms. The second kappa shape index (κ2) is 6.21. The molecule has 0 saturated carbocycles. The van der Waals surface area contributed by atoms with Crippen LogP contribution in [0.1, 0.15) is 5.69 Å². The molecule has 0 aliphatic carbocycles. The number of nitrogens with zero attached hydrogens (tertiary/aromatic N) is 1. The van der Waals surface area contributed by atoms with Gasteiger partial charge in [-0.3, -0.25) is 4.55 Å². The molecule has 0 aliphatic rings. The summed E-state index contributed by atoms with van der Waals surface area (Å²) >= 11 is 6.35. The monoisotopic (exact) mass is 279 g/mol. The van der Waals surface area contributed by atoms with Crippen LogP contribution in [0.4, 0.5) is 0 Å². The number of hydrogen-bond acceptors (Lipinski definition) is 4. The third-order valence-electron chi connectivity index (χ3n) is 1.55. The molecule has 4 nitrogen and oxygen atoms in total. The van der Waals surface area contributed by atoms with Gasteiger partial charge in [0.25, 0.3) is 10.1 Å². The van der Waals surface area contributed by atoms with Crippen molar-refractivity contribution in [3.63, 3.8) is 0 Å². The van der Waals surface area contributed by atoms with Crippen molar-refractivity contribution in [2.24, 2.45) is 0 Å². The second-order valence-electron chi connectivity index (χ2n) is 2.58. The Bertz CT molecular complexity index is 447. The number of aromatic nitrogens is 1. The van der Waals surface area contributed by atoms with Crippen LogP contribution in [0.3, 0.4) is 0 Å². The Hall–Kier alpha value is 1.40. The Labute approximate surface area is 135 Å². The van der Waals surface area contributed by atoms with E-state index in [1.165, 1.54) is 11.3 Å². The van der Waals surface area contributed by atoms with Crippen LogP contribution >= 0.6 is 23.6 Å². The first-order chi connectivity index (χ1) is 5.90. The first kappa shape index (κ1) is 15.4. The first-order valence-corrected chi connectivity index (χ1v) is 6.40. The predicted molar refractivity (Wildman–Crippen MR) is 61.4 cm³/mol. The standard InChI is InChI=1S/C6H9NO3S3.K.H/c1-5-4-12-6(11)7(5)2-3-13(8,9)10;;/h4H,2-3H2,1H3,(H,8,9,10);;. The van der Waals surface area contributed by atoms with Crippen molar-refractivity contribution in [2.45, 2.75) is 13.5 Å². The van der Waals surface area contributed by atoms with Gasteiger partial charge in [0, 0.05) is 17.6 Å². The SMILES string of the molecule is Cc1csc(=S)n1CCS(=O)(=O)O.[KH]. The maximum atomic E-state index is 10.5. The van der Waals surface area contributed by atoms with Crippen molar-refractivity contribution in [1.29, 1.82) is 0 Å². The maximum absolute atomic E-state index is 10.5. The fraction of sp³-hybridized carbons (Fsp3) is 0.500. The third kappa shape index (κ3) is 4.95. The molecular formula is C6H10KNO3S3. The van der Waals surface area contributed by atoms with Crippen molar-refractivity contribution in [1.82, 2.24) is 4.57 Å². The number of rotatable bonds is 3. The molecule has 1 aromatic heterocycles. The average molecular weight is 279 g/mol. The second-order valence-corrected chi connectivity index (χ2v) is 5.66. The first-order valence-electron chi connectivity index (χ1n) is 3.50. The van der Waals surface area contributed by atoms with E-state index in [4.69, 9.17) is 16.8 Å². The van der Waals surface area contributed by atoms with E-state index < -0.39 is 10.1 Å².